The molecule has 1 fully saturated rings. The van der Waals surface area contributed by atoms with Crippen LogP contribution in [0.15, 0.2) is 10.9 Å². The number of carbonyl (C=O) groups is 2. The quantitative estimate of drug-likeness (QED) is 0.304. The Morgan fingerprint density at radius 2 is 1.64 bits per heavy atom. The molecular formula is C14H7B7N4O3. The number of aryl methyl sites for hydroxylation is 1. The number of amides is 2. The predicted molar refractivity (Wildman–Crippen MR) is 111 cm³/mol. The van der Waals surface area contributed by atoms with Crippen LogP contribution in [-0.4, -0.2) is 76.3 Å². The highest BCUT2D eigenvalue weighted by atomic mass is 16.2. The van der Waals surface area contributed by atoms with Crippen molar-refractivity contribution >= 4 is 94.3 Å². The Balaban J connectivity index is 2.48. The third-order valence-electron chi connectivity index (χ3n) is 5.06. The smallest absolute Gasteiger partial charge is 0.263 e. The minimum Gasteiger partial charge on any atom is -0.399 e. The molecule has 2 heterocycles. The van der Waals surface area contributed by atoms with Gasteiger partial charge in [0.05, 0.1) is 47.7 Å². The lowest BCUT2D eigenvalue weighted by Crippen LogP contribution is -2.71. The highest BCUT2D eigenvalue weighted by molar-refractivity contribution is 6.66. The number of nitrogen functional groups attached to an aromatic ring is 1. The third kappa shape index (κ3) is 2.26. The zero-order valence-electron chi connectivity index (χ0n) is 14.8. The van der Waals surface area contributed by atoms with Crippen LogP contribution in [0.3, 0.4) is 0 Å². The summed E-state index contributed by atoms with van der Waals surface area (Å²) in [5.41, 5.74) is 2.38. The van der Waals surface area contributed by atoms with Crippen molar-refractivity contribution in [3.63, 3.8) is 0 Å². The molecule has 1 saturated heterocycles. The molecule has 1 aliphatic heterocycles. The van der Waals surface area contributed by atoms with E-state index in [2.05, 4.69) is 4.98 Å². The Hall–Kier alpha value is -2.25. The molecule has 0 aliphatic carbocycles. The van der Waals surface area contributed by atoms with Gasteiger partial charge in [0.1, 0.15) is 29.4 Å². The maximum Gasteiger partial charge on any atom is 0.263 e. The molecular weight excluding hydrogens is 348 g/mol. The Morgan fingerprint density at radius 1 is 1.07 bits per heavy atom. The van der Waals surface area contributed by atoms with Crippen molar-refractivity contribution in [1.82, 2.24) is 14.9 Å². The Bertz CT molecular complexity index is 1130. The number of fused-ring (bicyclic) bond motifs is 1. The van der Waals surface area contributed by atoms with Crippen molar-refractivity contribution in [1.29, 1.82) is 0 Å². The number of benzene rings is 1. The molecule has 14 radical (unpaired) electrons. The molecule has 3 N–H and O–H groups in total. The number of nitrogens with zero attached hydrogens (tertiary/aromatic N) is 2. The van der Waals surface area contributed by atoms with Crippen LogP contribution in [0.5, 0.6) is 0 Å². The number of rotatable bonds is 1. The largest absolute Gasteiger partial charge is 0.399 e. The van der Waals surface area contributed by atoms with Crippen LogP contribution < -0.4 is 27.5 Å². The predicted octanol–water partition coefficient (Wildman–Crippen LogP) is -4.74. The van der Waals surface area contributed by atoms with Crippen LogP contribution in [0.4, 0.5) is 5.69 Å². The number of imide groups is 1. The van der Waals surface area contributed by atoms with Crippen molar-refractivity contribution in [3.05, 3.63) is 22.2 Å². The van der Waals surface area contributed by atoms with Gasteiger partial charge in [-0.1, -0.05) is 16.1 Å². The Labute approximate surface area is 169 Å². The summed E-state index contributed by atoms with van der Waals surface area (Å²) in [7, 11) is 41.2. The second-order valence-corrected chi connectivity index (χ2v) is 6.77. The summed E-state index contributed by atoms with van der Waals surface area (Å²) in [5.74, 6) is -2.47. The first kappa shape index (κ1) is 20.5. The molecule has 122 valence electrons. The first-order chi connectivity index (χ1) is 12.7. The molecule has 28 heavy (non-hydrogen) atoms. The van der Waals surface area contributed by atoms with Gasteiger partial charge in [0.25, 0.3) is 5.56 Å². The monoisotopic (exact) mass is 356 g/mol. The standard InChI is InChI=1S/C14H7B7N4O3/c1-3-23-5-2-4(15)7(16)8(22)6(5)9(26)25(3)13(19)11(28)24-10(27)12(17,18)14(13,20)21/h2H,22H2,1H3,(H,24,27,28). The topological polar surface area (TPSA) is 107 Å². The maximum absolute atomic E-state index is 13.3. The zero-order valence-corrected chi connectivity index (χ0v) is 14.8. The van der Waals surface area contributed by atoms with Crippen LogP contribution in [-0.2, 0) is 15.0 Å². The second-order valence-electron chi connectivity index (χ2n) is 6.77. The number of aromatic nitrogens is 2. The lowest BCUT2D eigenvalue weighted by molar-refractivity contribution is -0.139. The maximum atomic E-state index is 13.3. The highest BCUT2D eigenvalue weighted by Gasteiger charge is 2.60. The first-order valence-corrected chi connectivity index (χ1v) is 7.87. The van der Waals surface area contributed by atoms with Crippen molar-refractivity contribution < 1.29 is 9.59 Å². The van der Waals surface area contributed by atoms with Gasteiger partial charge in [-0.15, -0.1) is 0 Å². The van der Waals surface area contributed by atoms with E-state index in [0.29, 0.717) is 4.57 Å². The fourth-order valence-corrected chi connectivity index (χ4v) is 3.22. The molecule has 2 aromatic rings. The number of nitrogens with two attached hydrogens (primary N) is 1. The van der Waals surface area contributed by atoms with E-state index in [1.807, 2.05) is 5.32 Å². The summed E-state index contributed by atoms with van der Waals surface area (Å²) in [6.45, 7) is 1.35. The van der Waals surface area contributed by atoms with Gasteiger partial charge in [-0.2, -0.15) is 0 Å². The first-order valence-electron chi connectivity index (χ1n) is 7.87. The van der Waals surface area contributed by atoms with Gasteiger partial charge in [-0.25, -0.2) is 4.98 Å². The molecule has 1 atom stereocenters. The van der Waals surface area contributed by atoms with Crippen LogP contribution in [0.2, 0.25) is 10.4 Å². The average molecular weight is 355 g/mol. The summed E-state index contributed by atoms with van der Waals surface area (Å²) < 4.78 is 0.678. The van der Waals surface area contributed by atoms with Gasteiger partial charge in [0.2, 0.25) is 11.8 Å². The summed E-state index contributed by atoms with van der Waals surface area (Å²) in [5, 5.41) is -3.41. The van der Waals surface area contributed by atoms with Gasteiger partial charge < -0.3 is 5.73 Å². The SMILES string of the molecule is [B]c1cc2nc(C)n(C3([B])C(=O)NC(=O)C([B])([B])C3([B])[B])c(=O)c2c(N)c1[B]. The minimum atomic E-state index is -2.60. The normalized spacial score (nSPS) is 23.5. The molecule has 0 bridgehead atoms. The van der Waals surface area contributed by atoms with Gasteiger partial charge in [0, 0.05) is 5.69 Å². The number of carbonyl (C=O) groups excluding carboxylic acids is 2. The molecule has 1 aromatic heterocycles. The summed E-state index contributed by atoms with van der Waals surface area (Å²) >= 11 is 0. The highest BCUT2D eigenvalue weighted by Crippen LogP contribution is 2.54. The molecule has 3 rings (SSSR count). The second kappa shape index (κ2) is 5.88. The summed E-state index contributed by atoms with van der Waals surface area (Å²) in [6, 6.07) is 1.34. The molecule has 1 aromatic carbocycles. The number of anilines is 1. The number of hydrogen-bond acceptors (Lipinski definition) is 5. The van der Waals surface area contributed by atoms with E-state index in [4.69, 9.17) is 60.7 Å². The van der Waals surface area contributed by atoms with E-state index in [0.717, 1.165) is 0 Å². The lowest BCUT2D eigenvalue weighted by atomic mass is 9.21. The molecule has 0 spiro atoms. The van der Waals surface area contributed by atoms with Crippen molar-refractivity contribution in [2.75, 3.05) is 5.73 Å². The van der Waals surface area contributed by atoms with Crippen LogP contribution in [0, 0.1) is 6.92 Å². The third-order valence-corrected chi connectivity index (χ3v) is 5.06. The molecule has 1 aliphatic rings. The number of hydrogen-bond donors (Lipinski definition) is 2. The van der Waals surface area contributed by atoms with Crippen LogP contribution >= 0.6 is 0 Å². The van der Waals surface area contributed by atoms with E-state index in [1.54, 1.807) is 0 Å². The number of nitrogens with one attached hydrogen (secondary N) is 1. The van der Waals surface area contributed by atoms with E-state index in [1.165, 1.54) is 13.0 Å². The molecule has 1 unspecified atom stereocenters. The fourth-order valence-electron chi connectivity index (χ4n) is 3.22. The lowest BCUT2D eigenvalue weighted by Gasteiger charge is -2.58. The van der Waals surface area contributed by atoms with Crippen molar-refractivity contribution in [2.45, 2.75) is 22.8 Å². The van der Waals surface area contributed by atoms with Crippen LogP contribution in [0.25, 0.3) is 10.9 Å². The van der Waals surface area contributed by atoms with Gasteiger partial charge in [-0.3, -0.25) is 24.3 Å². The van der Waals surface area contributed by atoms with Gasteiger partial charge in [-0.05, 0) is 18.2 Å². The zero-order chi connectivity index (χ0) is 21.4. The van der Waals surface area contributed by atoms with Gasteiger partial charge in [0.15, 0.2) is 0 Å². The molecule has 2 amide bonds. The molecule has 7 nitrogen and oxygen atoms in total. The van der Waals surface area contributed by atoms with E-state index in [-0.39, 0.29) is 33.3 Å². The van der Waals surface area contributed by atoms with Crippen LogP contribution in [0.1, 0.15) is 5.82 Å². The fraction of sp³-hybridized carbons (Fsp3) is 0.286. The van der Waals surface area contributed by atoms with E-state index < -0.39 is 33.2 Å². The Kier molecular flexibility index (Phi) is 4.30. The van der Waals surface area contributed by atoms with Gasteiger partial charge >= 0.3 is 0 Å². The molecule has 14 heteroatoms. The van der Waals surface area contributed by atoms with E-state index >= 15 is 0 Å². The number of piperidine rings is 1. The van der Waals surface area contributed by atoms with Crippen molar-refractivity contribution in [2.24, 2.45) is 0 Å². The molecule has 0 saturated carbocycles. The summed E-state index contributed by atoms with van der Waals surface area (Å²) in [6.07, 6.45) is 0. The van der Waals surface area contributed by atoms with E-state index in [9.17, 15) is 14.4 Å². The minimum absolute atomic E-state index is 0.0603. The van der Waals surface area contributed by atoms with Crippen molar-refractivity contribution in [3.8, 4) is 0 Å². The summed E-state index contributed by atoms with van der Waals surface area (Å²) in [4.78, 5) is 42.2. The average Bonchev–Trinajstić information content (AvgIpc) is 2.57. The Morgan fingerprint density at radius 3 is 2.21 bits per heavy atom.